The minimum Gasteiger partial charge on any atom is -0.445 e. The summed E-state index contributed by atoms with van der Waals surface area (Å²) >= 11 is 3.34. The summed E-state index contributed by atoms with van der Waals surface area (Å²) in [7, 11) is 0. The number of carbonyl (C=O) groups is 3. The number of benzene rings is 1. The number of amides is 2. The van der Waals surface area contributed by atoms with Crippen LogP contribution in [0.4, 0.5) is 15.3 Å². The van der Waals surface area contributed by atoms with Crippen molar-refractivity contribution in [2.75, 3.05) is 12.0 Å². The monoisotopic (exact) mass is 481 g/mol. The molecule has 2 rings (SSSR count). The van der Waals surface area contributed by atoms with Gasteiger partial charge in [0.15, 0.2) is 0 Å². The predicted molar refractivity (Wildman–Crippen MR) is 113 cm³/mol. The molecular formula is C20H24BrN3O6. The lowest BCUT2D eigenvalue weighted by molar-refractivity contribution is -0.116. The Morgan fingerprint density at radius 1 is 1.13 bits per heavy atom. The second-order valence-corrected chi connectivity index (χ2v) is 7.75. The third kappa shape index (κ3) is 6.24. The molecule has 0 atom stereocenters. The van der Waals surface area contributed by atoms with Crippen molar-refractivity contribution in [3.05, 3.63) is 52.3 Å². The van der Waals surface area contributed by atoms with Crippen LogP contribution in [0.1, 0.15) is 27.7 Å². The smallest absolute Gasteiger partial charge is 0.445 e. The molecule has 162 valence electrons. The Bertz CT molecular complexity index is 864. The normalized spacial score (nSPS) is 13.2. The lowest BCUT2D eigenvalue weighted by atomic mass is 10.2. The van der Waals surface area contributed by atoms with Crippen LogP contribution in [0, 0.1) is 0 Å². The summed E-state index contributed by atoms with van der Waals surface area (Å²) in [4.78, 5) is 37.0. The van der Waals surface area contributed by atoms with Crippen molar-refractivity contribution in [2.24, 2.45) is 0 Å². The van der Waals surface area contributed by atoms with E-state index in [9.17, 15) is 14.4 Å². The first-order valence-electron chi connectivity index (χ1n) is 9.20. The lowest BCUT2D eigenvalue weighted by Crippen LogP contribution is -2.38. The fourth-order valence-corrected chi connectivity index (χ4v) is 2.67. The maximum atomic E-state index is 12.7. The maximum Gasteiger partial charge on any atom is 0.513 e. The first-order valence-corrected chi connectivity index (χ1v) is 9.99. The van der Waals surface area contributed by atoms with E-state index < -0.39 is 30.4 Å². The quantitative estimate of drug-likeness (QED) is 0.446. The largest absolute Gasteiger partial charge is 0.513 e. The van der Waals surface area contributed by atoms with Crippen LogP contribution in [-0.2, 0) is 19.0 Å². The van der Waals surface area contributed by atoms with Gasteiger partial charge in [-0.3, -0.25) is 10.2 Å². The number of ether oxygens (including phenoxy) is 3. The molecule has 0 aliphatic carbocycles. The van der Waals surface area contributed by atoms with Crippen molar-refractivity contribution in [1.82, 2.24) is 10.3 Å². The third-order valence-electron chi connectivity index (χ3n) is 3.62. The first-order chi connectivity index (χ1) is 14.1. The van der Waals surface area contributed by atoms with Gasteiger partial charge in [0, 0.05) is 4.47 Å². The SMILES string of the molecule is C=C(C1=C(OC(=O)OC(C)C)CNC1=O)N(Nc1ccc(Br)cc1)C(=O)OC(C)C. The van der Waals surface area contributed by atoms with Crippen LogP contribution in [0.15, 0.2) is 52.3 Å². The van der Waals surface area contributed by atoms with Gasteiger partial charge in [0.2, 0.25) is 0 Å². The van der Waals surface area contributed by atoms with Gasteiger partial charge in [-0.1, -0.05) is 22.5 Å². The Morgan fingerprint density at radius 2 is 1.73 bits per heavy atom. The number of nitrogens with zero attached hydrogens (tertiary/aromatic N) is 1. The van der Waals surface area contributed by atoms with Crippen LogP contribution in [-0.4, -0.2) is 41.9 Å². The molecule has 0 radical (unpaired) electrons. The molecule has 0 fully saturated rings. The number of nitrogens with one attached hydrogen (secondary N) is 2. The van der Waals surface area contributed by atoms with E-state index >= 15 is 0 Å². The van der Waals surface area contributed by atoms with E-state index in [0.717, 1.165) is 9.48 Å². The zero-order valence-corrected chi connectivity index (χ0v) is 18.7. The van der Waals surface area contributed by atoms with Crippen molar-refractivity contribution in [3.63, 3.8) is 0 Å². The van der Waals surface area contributed by atoms with Crippen LogP contribution in [0.2, 0.25) is 0 Å². The maximum absolute atomic E-state index is 12.7. The highest BCUT2D eigenvalue weighted by atomic mass is 79.9. The minimum atomic E-state index is -0.959. The molecule has 0 unspecified atom stereocenters. The fraction of sp³-hybridized carbons (Fsp3) is 0.350. The number of carbonyl (C=O) groups excluding carboxylic acids is 3. The van der Waals surface area contributed by atoms with Gasteiger partial charge in [-0.15, -0.1) is 0 Å². The Kier molecular flexibility index (Phi) is 7.87. The summed E-state index contributed by atoms with van der Waals surface area (Å²) in [5, 5.41) is 3.53. The van der Waals surface area contributed by atoms with Gasteiger partial charge in [0.1, 0.15) is 11.3 Å². The Balaban J connectivity index is 2.34. The van der Waals surface area contributed by atoms with E-state index in [-0.39, 0.29) is 23.6 Å². The summed E-state index contributed by atoms with van der Waals surface area (Å²) in [6.07, 6.45) is -2.55. The molecule has 1 heterocycles. The first kappa shape index (κ1) is 23.3. The average molecular weight is 482 g/mol. The number of rotatable bonds is 7. The zero-order valence-electron chi connectivity index (χ0n) is 17.2. The molecule has 1 aromatic rings. The zero-order chi connectivity index (χ0) is 22.4. The molecule has 0 saturated heterocycles. The summed E-state index contributed by atoms with van der Waals surface area (Å²) in [6, 6.07) is 6.98. The summed E-state index contributed by atoms with van der Waals surface area (Å²) < 4.78 is 16.2. The fourth-order valence-electron chi connectivity index (χ4n) is 2.40. The molecule has 2 amide bonds. The highest BCUT2D eigenvalue weighted by Crippen LogP contribution is 2.25. The van der Waals surface area contributed by atoms with E-state index in [1.807, 2.05) is 0 Å². The van der Waals surface area contributed by atoms with Gasteiger partial charge < -0.3 is 19.5 Å². The van der Waals surface area contributed by atoms with Gasteiger partial charge in [-0.05, 0) is 52.0 Å². The van der Waals surface area contributed by atoms with Crippen LogP contribution in [0.5, 0.6) is 0 Å². The molecule has 2 N–H and O–H groups in total. The Labute approximate surface area is 183 Å². The lowest BCUT2D eigenvalue weighted by Gasteiger charge is -2.26. The molecular weight excluding hydrogens is 458 g/mol. The van der Waals surface area contributed by atoms with Crippen LogP contribution >= 0.6 is 15.9 Å². The van der Waals surface area contributed by atoms with E-state index in [1.165, 1.54) is 0 Å². The van der Waals surface area contributed by atoms with Crippen molar-refractivity contribution >= 4 is 39.8 Å². The number of anilines is 1. The van der Waals surface area contributed by atoms with Gasteiger partial charge >= 0.3 is 12.2 Å². The van der Waals surface area contributed by atoms with E-state index in [4.69, 9.17) is 14.2 Å². The molecule has 0 bridgehead atoms. The second kappa shape index (κ2) is 10.1. The Hall–Kier alpha value is -3.01. The van der Waals surface area contributed by atoms with E-state index in [2.05, 4.69) is 33.3 Å². The van der Waals surface area contributed by atoms with Gasteiger partial charge in [-0.25, -0.2) is 9.59 Å². The van der Waals surface area contributed by atoms with Crippen LogP contribution in [0.3, 0.4) is 0 Å². The average Bonchev–Trinajstić information content (AvgIpc) is 2.99. The minimum absolute atomic E-state index is 0.00407. The number of hydrogen-bond donors (Lipinski definition) is 2. The molecule has 10 heteroatoms. The summed E-state index contributed by atoms with van der Waals surface area (Å²) in [6.45, 7) is 10.5. The molecule has 0 aromatic heterocycles. The Morgan fingerprint density at radius 3 is 2.30 bits per heavy atom. The predicted octanol–water partition coefficient (Wildman–Crippen LogP) is 4.08. The van der Waals surface area contributed by atoms with Crippen molar-refractivity contribution in [1.29, 1.82) is 0 Å². The molecule has 0 saturated carbocycles. The number of hydrogen-bond acceptors (Lipinski definition) is 7. The molecule has 9 nitrogen and oxygen atoms in total. The number of halogens is 1. The van der Waals surface area contributed by atoms with Crippen molar-refractivity contribution < 1.29 is 28.6 Å². The topological polar surface area (TPSA) is 106 Å². The van der Waals surface area contributed by atoms with Crippen LogP contribution in [0.25, 0.3) is 0 Å². The third-order valence-corrected chi connectivity index (χ3v) is 4.15. The molecule has 1 aliphatic heterocycles. The molecule has 1 aliphatic rings. The second-order valence-electron chi connectivity index (χ2n) is 6.83. The molecule has 0 spiro atoms. The number of hydrazine groups is 1. The standard InChI is InChI=1S/C20H24BrN3O6/c1-11(2)28-19(26)24(23-15-8-6-14(21)7-9-15)13(5)17-16(10-22-18(17)25)30-20(27)29-12(3)4/h6-9,11-12,23H,5,10H2,1-4H3,(H,22,25). The summed E-state index contributed by atoms with van der Waals surface area (Å²) in [5.41, 5.74) is 3.29. The van der Waals surface area contributed by atoms with E-state index in [0.29, 0.717) is 5.69 Å². The highest BCUT2D eigenvalue weighted by molar-refractivity contribution is 9.10. The van der Waals surface area contributed by atoms with Gasteiger partial charge in [0.05, 0.1) is 30.1 Å². The van der Waals surface area contributed by atoms with Crippen LogP contribution < -0.4 is 10.7 Å². The summed E-state index contributed by atoms with van der Waals surface area (Å²) in [5.74, 6) is -0.553. The van der Waals surface area contributed by atoms with Gasteiger partial charge in [0.25, 0.3) is 5.91 Å². The van der Waals surface area contributed by atoms with Crippen molar-refractivity contribution in [2.45, 2.75) is 39.9 Å². The van der Waals surface area contributed by atoms with E-state index in [1.54, 1.807) is 52.0 Å². The van der Waals surface area contributed by atoms with Gasteiger partial charge in [-0.2, -0.15) is 5.01 Å². The van der Waals surface area contributed by atoms with Crippen molar-refractivity contribution in [3.8, 4) is 0 Å². The highest BCUT2D eigenvalue weighted by Gasteiger charge is 2.34. The molecule has 30 heavy (non-hydrogen) atoms. The molecule has 1 aromatic carbocycles.